The van der Waals surface area contributed by atoms with Crippen LogP contribution in [0.15, 0.2) is 0 Å². The Morgan fingerprint density at radius 1 is 1.04 bits per heavy atom. The maximum atomic E-state index is 11.5. The Balaban J connectivity index is 1.61. The Morgan fingerprint density at radius 2 is 1.83 bits per heavy atom. The van der Waals surface area contributed by atoms with Crippen LogP contribution in [0.3, 0.4) is 0 Å². The lowest BCUT2D eigenvalue weighted by Gasteiger charge is -2.48. The van der Waals surface area contributed by atoms with E-state index in [4.69, 9.17) is 4.74 Å². The van der Waals surface area contributed by atoms with E-state index in [0.29, 0.717) is 30.6 Å². The first-order valence-electron chi connectivity index (χ1n) is 9.17. The molecule has 0 aromatic carbocycles. The van der Waals surface area contributed by atoms with Crippen LogP contribution in [-0.2, 0) is 9.53 Å². The molecule has 132 valence electrons. The van der Waals surface area contributed by atoms with Crippen molar-refractivity contribution in [3.8, 4) is 0 Å². The van der Waals surface area contributed by atoms with Gasteiger partial charge >= 0.3 is 5.97 Å². The number of carbonyl (C=O) groups excluding carboxylic acids is 1. The second kappa shape index (κ2) is 7.08. The third kappa shape index (κ3) is 3.89. The zero-order valence-electron chi connectivity index (χ0n) is 13.9. The molecule has 0 aromatic heterocycles. The second-order valence-corrected chi connectivity index (χ2v) is 8.03. The third-order valence-corrected chi connectivity index (χ3v) is 6.35. The van der Waals surface area contributed by atoms with E-state index in [1.165, 1.54) is 0 Å². The number of hydrogen-bond donors (Lipinski definition) is 3. The van der Waals surface area contributed by atoms with E-state index in [-0.39, 0.29) is 30.5 Å². The van der Waals surface area contributed by atoms with Crippen molar-refractivity contribution in [2.45, 2.75) is 82.7 Å². The number of hydrogen-bond acceptors (Lipinski definition) is 5. The monoisotopic (exact) mass is 326 g/mol. The van der Waals surface area contributed by atoms with Gasteiger partial charge in [-0.1, -0.05) is 13.3 Å². The zero-order chi connectivity index (χ0) is 16.6. The van der Waals surface area contributed by atoms with Crippen molar-refractivity contribution in [2.24, 2.45) is 23.7 Å². The molecule has 2 aliphatic carbocycles. The number of carbonyl (C=O) groups is 1. The summed E-state index contributed by atoms with van der Waals surface area (Å²) in [5, 5.41) is 30.1. The molecule has 0 radical (unpaired) electrons. The molecule has 8 atom stereocenters. The summed E-state index contributed by atoms with van der Waals surface area (Å²) in [5.41, 5.74) is 0. The Bertz CT molecular complexity index is 426. The number of fused-ring (bicyclic) bond motifs is 1. The third-order valence-electron chi connectivity index (χ3n) is 6.35. The van der Waals surface area contributed by atoms with Gasteiger partial charge in [-0.05, 0) is 55.8 Å². The van der Waals surface area contributed by atoms with Gasteiger partial charge in [0.15, 0.2) is 0 Å². The van der Waals surface area contributed by atoms with E-state index < -0.39 is 12.2 Å². The van der Waals surface area contributed by atoms with Gasteiger partial charge in [0.25, 0.3) is 0 Å². The zero-order valence-corrected chi connectivity index (χ0v) is 13.9. The van der Waals surface area contributed by atoms with Gasteiger partial charge in [0.2, 0.25) is 0 Å². The summed E-state index contributed by atoms with van der Waals surface area (Å²) in [4.78, 5) is 11.5. The Labute approximate surface area is 138 Å². The number of esters is 1. The molecule has 3 fully saturated rings. The topological polar surface area (TPSA) is 87.0 Å². The van der Waals surface area contributed by atoms with Crippen molar-refractivity contribution in [3.63, 3.8) is 0 Å². The van der Waals surface area contributed by atoms with Crippen LogP contribution in [0.2, 0.25) is 0 Å². The molecule has 5 nitrogen and oxygen atoms in total. The number of cyclic esters (lactones) is 1. The van der Waals surface area contributed by atoms with Gasteiger partial charge in [0, 0.05) is 6.42 Å². The molecule has 0 bridgehead atoms. The summed E-state index contributed by atoms with van der Waals surface area (Å²) < 4.78 is 5.36. The number of aliphatic hydroxyl groups excluding tert-OH is 3. The van der Waals surface area contributed by atoms with Gasteiger partial charge in [-0.25, -0.2) is 0 Å². The fraction of sp³-hybridized carbons (Fsp3) is 0.944. The Kier molecular flexibility index (Phi) is 5.29. The van der Waals surface area contributed by atoms with Crippen molar-refractivity contribution in [1.82, 2.24) is 0 Å². The first kappa shape index (κ1) is 17.2. The van der Waals surface area contributed by atoms with Crippen LogP contribution in [0, 0.1) is 23.7 Å². The van der Waals surface area contributed by atoms with Gasteiger partial charge < -0.3 is 20.1 Å². The van der Waals surface area contributed by atoms with Gasteiger partial charge in [-0.3, -0.25) is 4.79 Å². The number of aliphatic hydroxyl groups is 3. The molecule has 1 heterocycles. The molecule has 0 aromatic rings. The van der Waals surface area contributed by atoms with Crippen molar-refractivity contribution < 1.29 is 24.9 Å². The van der Waals surface area contributed by atoms with Crippen molar-refractivity contribution >= 4 is 5.97 Å². The van der Waals surface area contributed by atoms with E-state index in [9.17, 15) is 20.1 Å². The molecule has 3 rings (SSSR count). The summed E-state index contributed by atoms with van der Waals surface area (Å²) in [5.74, 6) is 1.32. The summed E-state index contributed by atoms with van der Waals surface area (Å²) in [7, 11) is 0. The van der Waals surface area contributed by atoms with E-state index >= 15 is 0 Å². The Morgan fingerprint density at radius 3 is 2.57 bits per heavy atom. The minimum Gasteiger partial charge on any atom is -0.462 e. The van der Waals surface area contributed by atoms with Gasteiger partial charge in [-0.15, -0.1) is 0 Å². The predicted octanol–water partition coefficient (Wildman–Crippen LogP) is 1.63. The van der Waals surface area contributed by atoms with Crippen LogP contribution >= 0.6 is 0 Å². The second-order valence-electron chi connectivity index (χ2n) is 8.03. The molecule has 2 saturated carbocycles. The molecule has 3 aliphatic rings. The van der Waals surface area contributed by atoms with Crippen LogP contribution in [0.4, 0.5) is 0 Å². The highest BCUT2D eigenvalue weighted by Gasteiger charge is 2.45. The average molecular weight is 326 g/mol. The molecule has 23 heavy (non-hydrogen) atoms. The number of ether oxygens (including phenoxy) is 1. The minimum atomic E-state index is -0.576. The molecule has 1 saturated heterocycles. The summed E-state index contributed by atoms with van der Waals surface area (Å²) in [6.45, 7) is 2.25. The molecule has 0 amide bonds. The number of rotatable bonds is 3. The quantitative estimate of drug-likeness (QED) is 0.686. The van der Waals surface area contributed by atoms with Crippen LogP contribution in [-0.4, -0.2) is 45.7 Å². The summed E-state index contributed by atoms with van der Waals surface area (Å²) >= 11 is 0. The summed E-state index contributed by atoms with van der Waals surface area (Å²) in [6.07, 6.45) is 4.29. The SMILES string of the molecule is C[C@H]1CC[C@H]2C[C@@H](O)C[C@H](O)[C@@H]2[C@H]1CC[C@@H]1C[C@@H](O)CC(=O)O1. The maximum Gasteiger partial charge on any atom is 0.308 e. The lowest BCUT2D eigenvalue weighted by atomic mass is 9.59. The highest BCUT2D eigenvalue weighted by atomic mass is 16.5. The highest BCUT2D eigenvalue weighted by molar-refractivity contribution is 5.70. The minimum absolute atomic E-state index is 0.109. The van der Waals surface area contributed by atoms with Gasteiger partial charge in [0.05, 0.1) is 24.7 Å². The summed E-state index contributed by atoms with van der Waals surface area (Å²) in [6, 6.07) is 0. The van der Waals surface area contributed by atoms with E-state index in [1.807, 2.05) is 0 Å². The smallest absolute Gasteiger partial charge is 0.308 e. The molecule has 0 spiro atoms. The Hall–Kier alpha value is -0.650. The van der Waals surface area contributed by atoms with Crippen molar-refractivity contribution in [2.75, 3.05) is 0 Å². The predicted molar refractivity (Wildman–Crippen MR) is 84.5 cm³/mol. The average Bonchev–Trinajstić information content (AvgIpc) is 2.45. The molecule has 0 unspecified atom stereocenters. The first-order valence-corrected chi connectivity index (χ1v) is 9.17. The van der Waals surface area contributed by atoms with E-state index in [0.717, 1.165) is 32.1 Å². The lowest BCUT2D eigenvalue weighted by molar-refractivity contribution is -0.161. The molecule has 3 N–H and O–H groups in total. The normalized spacial score (nSPS) is 47.7. The van der Waals surface area contributed by atoms with Crippen LogP contribution in [0.5, 0.6) is 0 Å². The van der Waals surface area contributed by atoms with Crippen LogP contribution in [0.25, 0.3) is 0 Å². The fourth-order valence-corrected chi connectivity index (χ4v) is 5.26. The van der Waals surface area contributed by atoms with Crippen LogP contribution < -0.4 is 0 Å². The maximum absolute atomic E-state index is 11.5. The molecule has 5 heteroatoms. The molecule has 1 aliphatic heterocycles. The fourth-order valence-electron chi connectivity index (χ4n) is 5.26. The van der Waals surface area contributed by atoms with E-state index in [1.54, 1.807) is 0 Å². The molecular formula is C18H30O5. The van der Waals surface area contributed by atoms with Crippen molar-refractivity contribution in [3.05, 3.63) is 0 Å². The van der Waals surface area contributed by atoms with Gasteiger partial charge in [-0.2, -0.15) is 0 Å². The van der Waals surface area contributed by atoms with Crippen molar-refractivity contribution in [1.29, 1.82) is 0 Å². The largest absolute Gasteiger partial charge is 0.462 e. The van der Waals surface area contributed by atoms with Crippen LogP contribution in [0.1, 0.15) is 58.3 Å². The standard InChI is InChI=1S/C18H30O5/c1-10-2-3-11-6-12(19)8-16(21)18(11)15(10)5-4-14-7-13(20)9-17(22)23-14/h10-16,18-21H,2-9H2,1H3/t10-,11-,12+,13+,14+,15-,16-,18-/m0/s1. The van der Waals surface area contributed by atoms with E-state index in [2.05, 4.69) is 6.92 Å². The lowest BCUT2D eigenvalue weighted by Crippen LogP contribution is -2.47. The van der Waals surface area contributed by atoms with Gasteiger partial charge in [0.1, 0.15) is 6.10 Å². The molecular weight excluding hydrogens is 296 g/mol. The first-order chi connectivity index (χ1) is 10.9. The highest BCUT2D eigenvalue weighted by Crippen LogP contribution is 2.48.